The molecule has 1 aromatic rings. The average molecular weight is 579 g/mol. The SMILES string of the molecule is CC1=C2C[C@H]3[C@@H](CC[C@@H]4CC(=O)CC[C@@]43C)[C@@H]2CC[C@@]2(C1)O[C@@H]1C[C@H](C)CN(CCNC(=O)Cc3nnn[nH]3)[C@H]1[C@H]2C. The molecular formula is C33H50N6O3. The zero-order valence-electron chi connectivity index (χ0n) is 26.0. The molecule has 10 atom stereocenters. The Balaban J connectivity index is 1.05. The van der Waals surface area contributed by atoms with E-state index in [0.717, 1.165) is 63.5 Å². The molecule has 42 heavy (non-hydrogen) atoms. The molecule has 5 fully saturated rings. The number of amides is 1. The van der Waals surface area contributed by atoms with Crippen LogP contribution in [-0.4, -0.2) is 74.6 Å². The molecule has 1 aromatic heterocycles. The zero-order valence-corrected chi connectivity index (χ0v) is 26.0. The van der Waals surface area contributed by atoms with Crippen LogP contribution >= 0.6 is 0 Å². The third-order valence-electron chi connectivity index (χ3n) is 13.1. The van der Waals surface area contributed by atoms with E-state index in [1.165, 1.54) is 25.7 Å². The van der Waals surface area contributed by atoms with Crippen LogP contribution in [0.4, 0.5) is 0 Å². The van der Waals surface area contributed by atoms with Gasteiger partial charge in [0.1, 0.15) is 5.78 Å². The van der Waals surface area contributed by atoms with E-state index in [4.69, 9.17) is 4.74 Å². The Hall–Kier alpha value is -2.13. The highest BCUT2D eigenvalue weighted by Crippen LogP contribution is 2.65. The minimum atomic E-state index is -0.0878. The van der Waals surface area contributed by atoms with E-state index in [1.54, 1.807) is 11.1 Å². The van der Waals surface area contributed by atoms with Gasteiger partial charge < -0.3 is 10.1 Å². The summed E-state index contributed by atoms with van der Waals surface area (Å²) in [4.78, 5) is 27.4. The fraction of sp³-hybridized carbons (Fsp3) is 0.848. The van der Waals surface area contributed by atoms with Crippen molar-refractivity contribution in [3.05, 3.63) is 17.0 Å². The molecule has 2 N–H and O–H groups in total. The van der Waals surface area contributed by atoms with E-state index in [2.05, 4.69) is 58.5 Å². The summed E-state index contributed by atoms with van der Waals surface area (Å²) >= 11 is 0. The number of likely N-dealkylation sites (tertiary alicyclic amines) is 1. The number of aromatic nitrogens is 4. The van der Waals surface area contributed by atoms with Crippen molar-refractivity contribution in [1.29, 1.82) is 0 Å². The van der Waals surface area contributed by atoms with Gasteiger partial charge in [-0.25, -0.2) is 5.10 Å². The normalized spacial score (nSPS) is 43.5. The highest BCUT2D eigenvalue weighted by molar-refractivity contribution is 5.79. The summed E-state index contributed by atoms with van der Waals surface area (Å²) < 4.78 is 7.25. The van der Waals surface area contributed by atoms with Crippen LogP contribution in [0.25, 0.3) is 0 Å². The lowest BCUT2D eigenvalue weighted by atomic mass is 9.52. The number of piperidine rings is 1. The number of tetrazole rings is 1. The third kappa shape index (κ3) is 4.77. The first-order valence-corrected chi connectivity index (χ1v) is 16.8. The number of ether oxygens (including phenoxy) is 1. The first-order valence-electron chi connectivity index (χ1n) is 16.8. The van der Waals surface area contributed by atoms with Crippen LogP contribution < -0.4 is 5.32 Å². The molecule has 2 aliphatic heterocycles. The number of rotatable bonds is 5. The second kappa shape index (κ2) is 10.8. The second-order valence-corrected chi connectivity index (χ2v) is 15.3. The fourth-order valence-corrected chi connectivity index (χ4v) is 11.0. The van der Waals surface area contributed by atoms with E-state index in [0.29, 0.717) is 53.3 Å². The number of allylic oxidation sites excluding steroid dienone is 1. The Bertz CT molecular complexity index is 1230. The number of fused-ring (bicyclic) bond motifs is 6. The quantitative estimate of drug-likeness (QED) is 0.502. The number of Topliss-reactive ketones (excluding diaryl/α,β-unsaturated/α-hetero) is 1. The molecule has 9 nitrogen and oxygen atoms in total. The smallest absolute Gasteiger partial charge is 0.227 e. The third-order valence-corrected chi connectivity index (χ3v) is 13.1. The van der Waals surface area contributed by atoms with Gasteiger partial charge in [-0.2, -0.15) is 0 Å². The summed E-state index contributed by atoms with van der Waals surface area (Å²) in [5.74, 6) is 4.81. The van der Waals surface area contributed by atoms with Crippen LogP contribution in [0.2, 0.25) is 0 Å². The Morgan fingerprint density at radius 1 is 1.19 bits per heavy atom. The van der Waals surface area contributed by atoms with Crippen molar-refractivity contribution in [2.45, 2.75) is 116 Å². The van der Waals surface area contributed by atoms with Gasteiger partial charge >= 0.3 is 0 Å². The van der Waals surface area contributed by atoms with E-state index >= 15 is 0 Å². The summed E-state index contributed by atoms with van der Waals surface area (Å²) in [7, 11) is 0. The molecule has 2 saturated heterocycles. The van der Waals surface area contributed by atoms with Gasteiger partial charge in [-0.3, -0.25) is 14.5 Å². The predicted octanol–water partition coefficient (Wildman–Crippen LogP) is 4.26. The Morgan fingerprint density at radius 2 is 2.05 bits per heavy atom. The molecule has 0 unspecified atom stereocenters. The molecule has 1 amide bonds. The number of hydrogen-bond acceptors (Lipinski definition) is 7. The molecule has 0 bridgehead atoms. The molecule has 230 valence electrons. The van der Waals surface area contributed by atoms with Gasteiger partial charge in [0.05, 0.1) is 18.1 Å². The monoisotopic (exact) mass is 578 g/mol. The minimum absolute atomic E-state index is 0.0547. The maximum atomic E-state index is 12.4. The predicted molar refractivity (Wildman–Crippen MR) is 158 cm³/mol. The molecular weight excluding hydrogens is 528 g/mol. The number of nitrogens with one attached hydrogen (secondary N) is 2. The molecule has 1 spiro atoms. The van der Waals surface area contributed by atoms with Crippen LogP contribution in [0.1, 0.15) is 97.7 Å². The molecule has 3 saturated carbocycles. The number of carbonyl (C=O) groups is 2. The lowest BCUT2D eigenvalue weighted by molar-refractivity contribution is -0.130. The zero-order chi connectivity index (χ0) is 29.2. The van der Waals surface area contributed by atoms with Crippen LogP contribution in [0.5, 0.6) is 0 Å². The maximum absolute atomic E-state index is 12.4. The van der Waals surface area contributed by atoms with Crippen molar-refractivity contribution in [1.82, 2.24) is 30.8 Å². The van der Waals surface area contributed by atoms with E-state index < -0.39 is 0 Å². The number of nitrogens with zero attached hydrogens (tertiary/aromatic N) is 4. The largest absolute Gasteiger partial charge is 0.369 e. The molecule has 0 aromatic carbocycles. The minimum Gasteiger partial charge on any atom is -0.369 e. The van der Waals surface area contributed by atoms with Crippen molar-refractivity contribution in [2.24, 2.45) is 40.9 Å². The summed E-state index contributed by atoms with van der Waals surface area (Å²) in [6.07, 6.45) is 11.6. The second-order valence-electron chi connectivity index (χ2n) is 15.3. The number of aromatic amines is 1. The first-order chi connectivity index (χ1) is 20.2. The van der Waals surface area contributed by atoms with E-state index in [1.807, 2.05) is 0 Å². The lowest BCUT2D eigenvalue weighted by Crippen LogP contribution is -2.53. The standard InChI is InChI=1S/C33H50N6O3/c1-19-13-28-31(39(18-19)12-11-34-30(41)16-29-35-37-38-36-29)21(3)33(42-28)10-8-24-25-6-5-22-14-23(40)7-9-32(22,4)27(25)15-26(24)20(2)17-33/h19,21-22,24-25,27-28,31H,5-18H2,1-4H3,(H,34,41)(H,35,36,37,38)/t19-,21+,22+,24-,25-,27-,28+,31-,32-,33-/m0/s1. The van der Waals surface area contributed by atoms with Gasteiger partial charge in [0.25, 0.3) is 0 Å². The maximum Gasteiger partial charge on any atom is 0.227 e. The summed E-state index contributed by atoms with van der Waals surface area (Å²) in [5.41, 5.74) is 3.63. The van der Waals surface area contributed by atoms with Gasteiger partial charge in [0.15, 0.2) is 5.82 Å². The number of hydrogen-bond donors (Lipinski definition) is 2. The number of carbonyl (C=O) groups excluding carboxylic acids is 2. The number of H-pyrrole nitrogens is 1. The molecule has 0 radical (unpaired) electrons. The fourth-order valence-electron chi connectivity index (χ4n) is 11.0. The van der Waals surface area contributed by atoms with E-state index in [9.17, 15) is 9.59 Å². The van der Waals surface area contributed by atoms with E-state index in [-0.39, 0.29) is 24.0 Å². The van der Waals surface area contributed by atoms with Gasteiger partial charge in [-0.1, -0.05) is 31.9 Å². The van der Waals surface area contributed by atoms with Crippen LogP contribution in [-0.2, 0) is 20.7 Å². The van der Waals surface area contributed by atoms with Crippen molar-refractivity contribution in [3.63, 3.8) is 0 Å². The highest BCUT2D eigenvalue weighted by Gasteiger charge is 2.60. The lowest BCUT2D eigenvalue weighted by Gasteiger charge is -2.52. The molecule has 7 rings (SSSR count). The Labute approximate surface area is 250 Å². The van der Waals surface area contributed by atoms with Crippen LogP contribution in [0.3, 0.4) is 0 Å². The van der Waals surface area contributed by atoms with Gasteiger partial charge in [0.2, 0.25) is 5.91 Å². The Kier molecular flexibility index (Phi) is 7.36. The van der Waals surface area contributed by atoms with Crippen molar-refractivity contribution < 1.29 is 14.3 Å². The van der Waals surface area contributed by atoms with Crippen LogP contribution in [0.15, 0.2) is 11.1 Å². The average Bonchev–Trinajstić information content (AvgIpc) is 3.63. The van der Waals surface area contributed by atoms with Crippen LogP contribution in [0, 0.1) is 40.9 Å². The summed E-state index contributed by atoms with van der Waals surface area (Å²) in [5, 5.41) is 16.7. The molecule has 3 heterocycles. The van der Waals surface area contributed by atoms with Crippen molar-refractivity contribution >= 4 is 11.7 Å². The molecule has 4 aliphatic carbocycles. The number of ketones is 1. The Morgan fingerprint density at radius 3 is 2.86 bits per heavy atom. The first kappa shape index (κ1) is 28.6. The summed E-state index contributed by atoms with van der Waals surface area (Å²) in [6.45, 7) is 12.3. The molecule has 6 aliphatic rings. The van der Waals surface area contributed by atoms with Gasteiger partial charge in [0, 0.05) is 44.4 Å². The van der Waals surface area contributed by atoms with Gasteiger partial charge in [-0.15, -0.1) is 5.10 Å². The molecule has 9 heteroatoms. The topological polar surface area (TPSA) is 113 Å². The summed E-state index contributed by atoms with van der Waals surface area (Å²) in [6, 6.07) is 0.397. The van der Waals surface area contributed by atoms with Crippen molar-refractivity contribution in [2.75, 3.05) is 19.6 Å². The van der Waals surface area contributed by atoms with Crippen molar-refractivity contribution in [3.8, 4) is 0 Å². The highest BCUT2D eigenvalue weighted by atomic mass is 16.5. The van der Waals surface area contributed by atoms with Gasteiger partial charge in [-0.05, 0) is 104 Å².